The summed E-state index contributed by atoms with van der Waals surface area (Å²) in [5, 5.41) is 2.83. The summed E-state index contributed by atoms with van der Waals surface area (Å²) in [6.07, 6.45) is 1.39. The minimum Gasteiger partial charge on any atom is -0.378 e. The number of nitrogens with zero attached hydrogens (tertiary/aromatic N) is 1. The molecule has 1 N–H and O–H groups in total. The van der Waals surface area contributed by atoms with Crippen LogP contribution in [0.3, 0.4) is 0 Å². The summed E-state index contributed by atoms with van der Waals surface area (Å²) >= 11 is 0. The number of nitrogens with one attached hydrogen (secondary N) is 1. The number of ether oxygens (including phenoxy) is 1. The van der Waals surface area contributed by atoms with Crippen LogP contribution >= 0.6 is 0 Å². The molecular weight excluding hydrogens is 220 g/mol. The zero-order valence-electron chi connectivity index (χ0n) is 10.3. The van der Waals surface area contributed by atoms with Gasteiger partial charge in [-0.3, -0.25) is 9.59 Å². The summed E-state index contributed by atoms with van der Waals surface area (Å²) < 4.78 is 5.18. The fourth-order valence-electron chi connectivity index (χ4n) is 2.08. The van der Waals surface area contributed by atoms with Crippen molar-refractivity contribution in [3.05, 3.63) is 0 Å². The minimum absolute atomic E-state index is 0.104. The van der Waals surface area contributed by atoms with Crippen molar-refractivity contribution in [3.8, 4) is 0 Å². The van der Waals surface area contributed by atoms with E-state index in [1.165, 1.54) is 0 Å². The number of carbonyl (C=O) groups excluding carboxylic acids is 2. The molecule has 17 heavy (non-hydrogen) atoms. The molecule has 96 valence electrons. The third-order valence-electron chi connectivity index (χ3n) is 3.45. The lowest BCUT2D eigenvalue weighted by Gasteiger charge is -2.26. The van der Waals surface area contributed by atoms with Crippen LogP contribution in [0.2, 0.25) is 0 Å². The summed E-state index contributed by atoms with van der Waals surface area (Å²) in [4.78, 5) is 25.1. The van der Waals surface area contributed by atoms with E-state index in [9.17, 15) is 9.59 Å². The number of hydrogen-bond donors (Lipinski definition) is 1. The Balaban J connectivity index is 1.60. The fraction of sp³-hybridized carbons (Fsp3) is 0.833. The average Bonchev–Trinajstić information content (AvgIpc) is 3.07. The Morgan fingerprint density at radius 3 is 2.59 bits per heavy atom. The van der Waals surface area contributed by atoms with E-state index in [2.05, 4.69) is 12.2 Å². The van der Waals surface area contributed by atoms with E-state index < -0.39 is 0 Å². The maximum Gasteiger partial charge on any atom is 0.224 e. The third-order valence-corrected chi connectivity index (χ3v) is 3.45. The van der Waals surface area contributed by atoms with E-state index in [-0.39, 0.29) is 17.7 Å². The van der Waals surface area contributed by atoms with Gasteiger partial charge < -0.3 is 15.0 Å². The van der Waals surface area contributed by atoms with E-state index in [1.807, 2.05) is 0 Å². The minimum atomic E-state index is 0.104. The monoisotopic (exact) mass is 240 g/mol. The van der Waals surface area contributed by atoms with E-state index in [0.717, 1.165) is 6.42 Å². The second kappa shape index (κ2) is 5.49. The summed E-state index contributed by atoms with van der Waals surface area (Å²) in [7, 11) is 0. The van der Waals surface area contributed by atoms with Crippen LogP contribution in [0, 0.1) is 11.8 Å². The number of morpholine rings is 1. The number of rotatable bonds is 4. The van der Waals surface area contributed by atoms with Crippen molar-refractivity contribution in [1.29, 1.82) is 0 Å². The van der Waals surface area contributed by atoms with Crippen LogP contribution in [0.5, 0.6) is 0 Å². The van der Waals surface area contributed by atoms with Crippen LogP contribution in [-0.2, 0) is 14.3 Å². The lowest BCUT2D eigenvalue weighted by Crippen LogP contribution is -2.42. The van der Waals surface area contributed by atoms with Crippen LogP contribution < -0.4 is 5.32 Å². The summed E-state index contributed by atoms with van der Waals surface area (Å²) in [5.41, 5.74) is 0. The van der Waals surface area contributed by atoms with Gasteiger partial charge in [0.2, 0.25) is 11.8 Å². The predicted octanol–water partition coefficient (Wildman–Crippen LogP) is 0.00750. The molecule has 0 spiro atoms. The Bertz CT molecular complexity index is 300. The van der Waals surface area contributed by atoms with Crippen molar-refractivity contribution in [2.75, 3.05) is 32.8 Å². The molecule has 2 rings (SSSR count). The van der Waals surface area contributed by atoms with Crippen molar-refractivity contribution >= 4 is 11.8 Å². The highest BCUT2D eigenvalue weighted by Crippen LogP contribution is 2.37. The Morgan fingerprint density at radius 1 is 1.35 bits per heavy atom. The smallest absolute Gasteiger partial charge is 0.224 e. The van der Waals surface area contributed by atoms with Gasteiger partial charge in [0, 0.05) is 32.0 Å². The largest absolute Gasteiger partial charge is 0.378 e. The van der Waals surface area contributed by atoms with Gasteiger partial charge in [-0.05, 0) is 12.3 Å². The summed E-state index contributed by atoms with van der Waals surface area (Å²) in [5.74, 6) is 0.920. The maximum atomic E-state index is 11.7. The first-order valence-corrected chi connectivity index (χ1v) is 6.31. The number of carbonyl (C=O) groups is 2. The third kappa shape index (κ3) is 3.43. The Morgan fingerprint density at radius 2 is 2.00 bits per heavy atom. The number of amides is 2. The van der Waals surface area contributed by atoms with Crippen molar-refractivity contribution in [2.24, 2.45) is 11.8 Å². The highest BCUT2D eigenvalue weighted by atomic mass is 16.5. The van der Waals surface area contributed by atoms with Crippen molar-refractivity contribution in [3.63, 3.8) is 0 Å². The van der Waals surface area contributed by atoms with Crippen LogP contribution in [0.15, 0.2) is 0 Å². The van der Waals surface area contributed by atoms with Gasteiger partial charge in [-0.25, -0.2) is 0 Å². The molecule has 2 atom stereocenters. The van der Waals surface area contributed by atoms with E-state index in [0.29, 0.717) is 45.2 Å². The topological polar surface area (TPSA) is 58.6 Å². The average molecular weight is 240 g/mol. The van der Waals surface area contributed by atoms with Crippen molar-refractivity contribution in [1.82, 2.24) is 10.2 Å². The van der Waals surface area contributed by atoms with Gasteiger partial charge in [-0.1, -0.05) is 6.92 Å². The standard InChI is InChI=1S/C12H20N2O3/c1-9-8-10(9)12(16)13-3-2-11(15)14-4-6-17-7-5-14/h9-10H,2-8H2,1H3,(H,13,16). The normalized spacial score (nSPS) is 27.7. The summed E-state index contributed by atoms with van der Waals surface area (Å²) in [6.45, 7) is 5.12. The molecular formula is C12H20N2O3. The highest BCUT2D eigenvalue weighted by molar-refractivity contribution is 5.82. The second-order valence-corrected chi connectivity index (χ2v) is 4.85. The second-order valence-electron chi connectivity index (χ2n) is 4.85. The van der Waals surface area contributed by atoms with Crippen LogP contribution in [0.4, 0.5) is 0 Å². The van der Waals surface area contributed by atoms with Gasteiger partial charge in [0.05, 0.1) is 13.2 Å². The van der Waals surface area contributed by atoms with Gasteiger partial charge in [0.15, 0.2) is 0 Å². The molecule has 5 nitrogen and oxygen atoms in total. The molecule has 0 radical (unpaired) electrons. The molecule has 0 aromatic rings. The van der Waals surface area contributed by atoms with Gasteiger partial charge in [-0.2, -0.15) is 0 Å². The molecule has 1 saturated carbocycles. The molecule has 1 aliphatic heterocycles. The van der Waals surface area contributed by atoms with Gasteiger partial charge in [0.25, 0.3) is 0 Å². The molecule has 5 heteroatoms. The zero-order chi connectivity index (χ0) is 12.3. The lowest BCUT2D eigenvalue weighted by atomic mass is 10.3. The van der Waals surface area contributed by atoms with E-state index in [4.69, 9.17) is 4.74 Å². The Kier molecular flexibility index (Phi) is 3.99. The van der Waals surface area contributed by atoms with Crippen LogP contribution in [-0.4, -0.2) is 49.6 Å². The fourth-order valence-corrected chi connectivity index (χ4v) is 2.08. The van der Waals surface area contributed by atoms with Crippen LogP contribution in [0.1, 0.15) is 19.8 Å². The highest BCUT2D eigenvalue weighted by Gasteiger charge is 2.38. The molecule has 0 aromatic carbocycles. The molecule has 1 saturated heterocycles. The zero-order valence-corrected chi connectivity index (χ0v) is 10.3. The van der Waals surface area contributed by atoms with E-state index in [1.54, 1.807) is 4.90 Å². The molecule has 2 fully saturated rings. The predicted molar refractivity (Wildman–Crippen MR) is 62.3 cm³/mol. The molecule has 0 bridgehead atoms. The SMILES string of the molecule is CC1CC1C(=O)NCCC(=O)N1CCOCC1. The number of hydrogen-bond acceptors (Lipinski definition) is 3. The van der Waals surface area contributed by atoms with Crippen molar-refractivity contribution < 1.29 is 14.3 Å². The van der Waals surface area contributed by atoms with Gasteiger partial charge in [-0.15, -0.1) is 0 Å². The molecule has 2 unspecified atom stereocenters. The van der Waals surface area contributed by atoms with Crippen molar-refractivity contribution in [2.45, 2.75) is 19.8 Å². The van der Waals surface area contributed by atoms with Gasteiger partial charge in [0.1, 0.15) is 0 Å². The molecule has 1 heterocycles. The first-order chi connectivity index (χ1) is 8.18. The first kappa shape index (κ1) is 12.4. The first-order valence-electron chi connectivity index (χ1n) is 6.31. The Hall–Kier alpha value is -1.10. The molecule has 1 aliphatic carbocycles. The molecule has 2 amide bonds. The maximum absolute atomic E-state index is 11.7. The Labute approximate surface area is 101 Å². The molecule has 2 aliphatic rings. The van der Waals surface area contributed by atoms with Crippen LogP contribution in [0.25, 0.3) is 0 Å². The molecule has 0 aromatic heterocycles. The quantitative estimate of drug-likeness (QED) is 0.753. The van der Waals surface area contributed by atoms with E-state index >= 15 is 0 Å². The lowest BCUT2D eigenvalue weighted by molar-refractivity contribution is -0.135. The van der Waals surface area contributed by atoms with Gasteiger partial charge >= 0.3 is 0 Å². The summed E-state index contributed by atoms with van der Waals surface area (Å²) in [6, 6.07) is 0.